The minimum atomic E-state index is 0.733. The molecule has 2 N–H and O–H groups in total. The molecule has 0 atom stereocenters. The third-order valence-corrected chi connectivity index (χ3v) is 1.40. The van der Waals surface area contributed by atoms with Crippen LogP contribution in [0.15, 0.2) is 0 Å². The molecule has 2 nitrogen and oxygen atoms in total. The highest BCUT2D eigenvalue weighted by Crippen LogP contribution is 1.74. The van der Waals surface area contributed by atoms with Gasteiger partial charge in [-0.15, -0.1) is 0 Å². The Balaban J connectivity index is 3.06. The van der Waals surface area contributed by atoms with Crippen molar-refractivity contribution in [3.8, 4) is 0 Å². The Labute approximate surface area is 69.5 Å². The van der Waals surface area contributed by atoms with Gasteiger partial charge in [-0.2, -0.15) is 0 Å². The molecule has 4 heteroatoms. The van der Waals surface area contributed by atoms with Gasteiger partial charge in [0.15, 0.2) is 5.11 Å². The van der Waals surface area contributed by atoms with Crippen molar-refractivity contribution in [3.63, 3.8) is 0 Å². The highest BCUT2D eigenvalue weighted by atomic mass is 79.9. The molecule has 0 unspecified atom stereocenters. The molecular formula is C5H11BrN2S. The summed E-state index contributed by atoms with van der Waals surface area (Å²) in [7, 11) is 0. The lowest BCUT2D eigenvalue weighted by atomic mass is 10.7. The predicted molar refractivity (Wildman–Crippen MR) is 48.1 cm³/mol. The number of hydrogen-bond acceptors (Lipinski definition) is 1. The quantitative estimate of drug-likeness (QED) is 0.535. The number of nitrogens with one attached hydrogen (secondary N) is 2. The summed E-state index contributed by atoms with van der Waals surface area (Å²) in [6.45, 7) is 3.78. The van der Waals surface area contributed by atoms with Crippen LogP contribution in [0, 0.1) is 0 Å². The molecule has 0 aliphatic heterocycles. The van der Waals surface area contributed by atoms with Crippen LogP contribution in [0.1, 0.15) is 6.92 Å². The van der Waals surface area contributed by atoms with Crippen molar-refractivity contribution >= 4 is 33.3 Å². The van der Waals surface area contributed by atoms with Gasteiger partial charge in [-0.25, -0.2) is 0 Å². The molecule has 0 saturated carbocycles. The number of halogens is 1. The van der Waals surface area contributed by atoms with Crippen LogP contribution in [-0.4, -0.2) is 23.5 Å². The molecule has 0 radical (unpaired) electrons. The largest absolute Gasteiger partial charge is 0.363 e. The Morgan fingerprint density at radius 3 is 2.67 bits per heavy atom. The lowest BCUT2D eigenvalue weighted by molar-refractivity contribution is 0.890. The Morgan fingerprint density at radius 1 is 1.56 bits per heavy atom. The van der Waals surface area contributed by atoms with Gasteiger partial charge in [-0.05, 0) is 19.1 Å². The van der Waals surface area contributed by atoms with Crippen LogP contribution in [-0.2, 0) is 0 Å². The van der Waals surface area contributed by atoms with Crippen LogP contribution in [0.5, 0.6) is 0 Å². The summed E-state index contributed by atoms with van der Waals surface area (Å²) < 4.78 is 0. The molecule has 0 spiro atoms. The van der Waals surface area contributed by atoms with Gasteiger partial charge in [0.25, 0.3) is 0 Å². The molecule has 0 aliphatic rings. The molecule has 9 heavy (non-hydrogen) atoms. The molecule has 0 bridgehead atoms. The zero-order chi connectivity index (χ0) is 7.11. The summed E-state index contributed by atoms with van der Waals surface area (Å²) in [6, 6.07) is 0. The zero-order valence-electron chi connectivity index (χ0n) is 5.41. The normalized spacial score (nSPS) is 8.67. The molecule has 0 rings (SSSR count). The van der Waals surface area contributed by atoms with Gasteiger partial charge in [0, 0.05) is 18.4 Å². The van der Waals surface area contributed by atoms with Crippen LogP contribution >= 0.6 is 28.1 Å². The average molecular weight is 211 g/mol. The first-order valence-corrected chi connectivity index (χ1v) is 4.42. The molecule has 0 aromatic rings. The van der Waals surface area contributed by atoms with Crippen molar-refractivity contribution in [3.05, 3.63) is 0 Å². The standard InChI is InChI=1S/C5H11BrN2S/c1-2-7-5(9)8-4-3-6/h2-4H2,1H3,(H2,7,8,9). The maximum atomic E-state index is 4.88. The minimum Gasteiger partial charge on any atom is -0.363 e. The number of rotatable bonds is 3. The summed E-state index contributed by atoms with van der Waals surface area (Å²) in [5.41, 5.74) is 0. The maximum Gasteiger partial charge on any atom is 0.166 e. The number of hydrogen-bond donors (Lipinski definition) is 2. The fraction of sp³-hybridized carbons (Fsp3) is 0.800. The van der Waals surface area contributed by atoms with E-state index in [2.05, 4.69) is 26.6 Å². The number of alkyl halides is 1. The second-order valence-electron chi connectivity index (χ2n) is 1.48. The smallest absolute Gasteiger partial charge is 0.166 e. The Hall–Kier alpha value is 0.170. The molecule has 0 aromatic heterocycles. The van der Waals surface area contributed by atoms with E-state index < -0.39 is 0 Å². The van der Waals surface area contributed by atoms with E-state index in [1.165, 1.54) is 0 Å². The summed E-state index contributed by atoms with van der Waals surface area (Å²) in [4.78, 5) is 0. The summed E-state index contributed by atoms with van der Waals surface area (Å²) in [5.74, 6) is 0. The Bertz CT molecular complexity index is 87.0. The Kier molecular flexibility index (Phi) is 6.41. The second-order valence-corrected chi connectivity index (χ2v) is 2.68. The van der Waals surface area contributed by atoms with E-state index in [1.807, 2.05) is 6.92 Å². The summed E-state index contributed by atoms with van der Waals surface area (Å²) in [6.07, 6.45) is 0. The SMILES string of the molecule is CCNC(=S)NCCBr. The fourth-order valence-electron chi connectivity index (χ4n) is 0.384. The lowest BCUT2D eigenvalue weighted by Crippen LogP contribution is -2.35. The highest BCUT2D eigenvalue weighted by Gasteiger charge is 1.87. The average Bonchev–Trinajstić information content (AvgIpc) is 1.85. The van der Waals surface area contributed by atoms with Crippen LogP contribution in [0.2, 0.25) is 0 Å². The van der Waals surface area contributed by atoms with E-state index in [9.17, 15) is 0 Å². The lowest BCUT2D eigenvalue weighted by Gasteiger charge is -2.05. The van der Waals surface area contributed by atoms with Crippen molar-refractivity contribution in [1.29, 1.82) is 0 Å². The number of thiocarbonyl (C=S) groups is 1. The Morgan fingerprint density at radius 2 is 2.22 bits per heavy atom. The van der Waals surface area contributed by atoms with E-state index in [1.54, 1.807) is 0 Å². The topological polar surface area (TPSA) is 24.1 Å². The molecular weight excluding hydrogens is 200 g/mol. The van der Waals surface area contributed by atoms with Crippen LogP contribution in [0.25, 0.3) is 0 Å². The van der Waals surface area contributed by atoms with Gasteiger partial charge in [0.05, 0.1) is 0 Å². The first-order chi connectivity index (χ1) is 4.31. The molecule has 0 saturated heterocycles. The predicted octanol–water partition coefficient (Wildman–Crippen LogP) is 0.865. The molecule has 0 aromatic carbocycles. The maximum absolute atomic E-state index is 4.88. The highest BCUT2D eigenvalue weighted by molar-refractivity contribution is 9.09. The van der Waals surface area contributed by atoms with Crippen molar-refractivity contribution < 1.29 is 0 Å². The fourth-order valence-corrected chi connectivity index (χ4v) is 0.828. The third kappa shape index (κ3) is 6.05. The van der Waals surface area contributed by atoms with Gasteiger partial charge in [-0.1, -0.05) is 15.9 Å². The summed E-state index contributed by atoms with van der Waals surface area (Å²) >= 11 is 8.15. The van der Waals surface area contributed by atoms with E-state index in [0.717, 1.165) is 23.5 Å². The van der Waals surface area contributed by atoms with E-state index >= 15 is 0 Å². The molecule has 0 amide bonds. The molecule has 0 fully saturated rings. The van der Waals surface area contributed by atoms with Gasteiger partial charge < -0.3 is 10.6 Å². The van der Waals surface area contributed by atoms with Crippen LogP contribution < -0.4 is 10.6 Å². The van der Waals surface area contributed by atoms with Crippen molar-refractivity contribution in [2.45, 2.75) is 6.92 Å². The van der Waals surface area contributed by atoms with Gasteiger partial charge in [0.1, 0.15) is 0 Å². The van der Waals surface area contributed by atoms with Gasteiger partial charge >= 0.3 is 0 Å². The van der Waals surface area contributed by atoms with E-state index in [-0.39, 0.29) is 0 Å². The molecule has 0 heterocycles. The first-order valence-electron chi connectivity index (χ1n) is 2.89. The van der Waals surface area contributed by atoms with Gasteiger partial charge in [-0.3, -0.25) is 0 Å². The zero-order valence-corrected chi connectivity index (χ0v) is 7.81. The van der Waals surface area contributed by atoms with Crippen LogP contribution in [0.3, 0.4) is 0 Å². The van der Waals surface area contributed by atoms with E-state index in [0.29, 0.717) is 0 Å². The first kappa shape index (κ1) is 9.17. The monoisotopic (exact) mass is 210 g/mol. The second kappa shape index (κ2) is 6.29. The third-order valence-electron chi connectivity index (χ3n) is 0.717. The van der Waals surface area contributed by atoms with E-state index in [4.69, 9.17) is 12.2 Å². The van der Waals surface area contributed by atoms with Crippen LogP contribution in [0.4, 0.5) is 0 Å². The van der Waals surface area contributed by atoms with Gasteiger partial charge in [0.2, 0.25) is 0 Å². The van der Waals surface area contributed by atoms with Crippen molar-refractivity contribution in [2.75, 3.05) is 18.4 Å². The minimum absolute atomic E-state index is 0.733. The van der Waals surface area contributed by atoms with Crippen molar-refractivity contribution in [2.24, 2.45) is 0 Å². The summed E-state index contributed by atoms with van der Waals surface area (Å²) in [5, 5.41) is 7.65. The molecule has 54 valence electrons. The van der Waals surface area contributed by atoms with Crippen molar-refractivity contribution in [1.82, 2.24) is 10.6 Å². The molecule has 0 aliphatic carbocycles.